The number of methoxy groups -OCH3 is 1. The van der Waals surface area contributed by atoms with E-state index in [0.29, 0.717) is 21.5 Å². The van der Waals surface area contributed by atoms with E-state index >= 15 is 0 Å². The quantitative estimate of drug-likeness (QED) is 0.666. The zero-order chi connectivity index (χ0) is 13.8. The van der Waals surface area contributed by atoms with E-state index in [9.17, 15) is 4.79 Å². The second-order valence-electron chi connectivity index (χ2n) is 3.56. The number of anilines is 2. The number of esters is 1. The number of hydrogen-bond acceptors (Lipinski definition) is 6. The van der Waals surface area contributed by atoms with E-state index in [1.54, 1.807) is 12.1 Å². The van der Waals surface area contributed by atoms with Crippen LogP contribution >= 0.6 is 23.6 Å². The van der Waals surface area contributed by atoms with Crippen LogP contribution in [0.25, 0.3) is 0 Å². The van der Waals surface area contributed by atoms with Gasteiger partial charge in [0.25, 0.3) is 0 Å². The van der Waals surface area contributed by atoms with E-state index in [4.69, 9.17) is 17.0 Å². The van der Waals surface area contributed by atoms with Crippen LogP contribution < -0.4 is 10.6 Å². The number of ether oxygens (including phenoxy) is 1. The number of rotatable bonds is 3. The summed E-state index contributed by atoms with van der Waals surface area (Å²) in [6.07, 6.45) is 1.43. The van der Waals surface area contributed by atoms with Crippen LogP contribution in [-0.2, 0) is 4.74 Å². The first kappa shape index (κ1) is 13.5. The van der Waals surface area contributed by atoms with Crippen molar-refractivity contribution in [3.05, 3.63) is 28.8 Å². The molecule has 0 fully saturated rings. The molecule has 6 nitrogen and oxygen atoms in total. The van der Waals surface area contributed by atoms with Gasteiger partial charge in [-0.3, -0.25) is 0 Å². The van der Waals surface area contributed by atoms with Gasteiger partial charge in [-0.1, -0.05) is 5.16 Å². The summed E-state index contributed by atoms with van der Waals surface area (Å²) in [5, 5.41) is 10.4. The fourth-order valence-electron chi connectivity index (χ4n) is 1.40. The minimum atomic E-state index is -0.406. The lowest BCUT2D eigenvalue weighted by atomic mass is 10.3. The Hall–Kier alpha value is -1.93. The molecule has 2 N–H and O–H groups in total. The third-order valence-electron chi connectivity index (χ3n) is 2.17. The van der Waals surface area contributed by atoms with E-state index in [0.717, 1.165) is 4.88 Å². The van der Waals surface area contributed by atoms with Crippen LogP contribution in [0.1, 0.15) is 15.2 Å². The maximum absolute atomic E-state index is 11.6. The number of thiophene rings is 1. The van der Waals surface area contributed by atoms with Gasteiger partial charge in [0.1, 0.15) is 11.3 Å². The maximum Gasteiger partial charge on any atom is 0.340 e. The number of hydrogen-bond donors (Lipinski definition) is 2. The SMILES string of the molecule is COC(=O)c1cc(C)sc1NC(=S)Nc1ccon1. The van der Waals surface area contributed by atoms with Crippen molar-refractivity contribution >= 4 is 45.5 Å². The molecular formula is C11H11N3O3S2. The molecule has 0 aliphatic rings. The summed E-state index contributed by atoms with van der Waals surface area (Å²) < 4.78 is 9.39. The van der Waals surface area contributed by atoms with Crippen molar-refractivity contribution in [2.24, 2.45) is 0 Å². The van der Waals surface area contributed by atoms with Gasteiger partial charge in [-0.25, -0.2) is 4.79 Å². The maximum atomic E-state index is 11.6. The number of aromatic nitrogens is 1. The second kappa shape index (κ2) is 5.81. The molecule has 0 aliphatic carbocycles. The molecule has 0 amide bonds. The summed E-state index contributed by atoms with van der Waals surface area (Å²) in [5.74, 6) is 0.0847. The van der Waals surface area contributed by atoms with Gasteiger partial charge < -0.3 is 19.9 Å². The Morgan fingerprint density at radius 2 is 2.32 bits per heavy atom. The molecule has 0 aliphatic heterocycles. The number of carbonyl (C=O) groups excluding carboxylic acids is 1. The van der Waals surface area contributed by atoms with Crippen molar-refractivity contribution in [1.29, 1.82) is 0 Å². The van der Waals surface area contributed by atoms with E-state index in [2.05, 4.69) is 20.3 Å². The summed E-state index contributed by atoms with van der Waals surface area (Å²) in [4.78, 5) is 12.6. The standard InChI is InChI=1S/C11H11N3O3S2/c1-6-5-7(10(15)16-2)9(19-6)13-11(18)12-8-3-4-17-14-8/h3-5H,1-2H3,(H2,12,13,14,18). The van der Waals surface area contributed by atoms with Gasteiger partial charge in [-0.15, -0.1) is 11.3 Å². The Morgan fingerprint density at radius 1 is 1.53 bits per heavy atom. The summed E-state index contributed by atoms with van der Waals surface area (Å²) in [6, 6.07) is 3.38. The predicted molar refractivity (Wildman–Crippen MR) is 76.7 cm³/mol. The van der Waals surface area contributed by atoms with Crippen LogP contribution in [0.4, 0.5) is 10.8 Å². The van der Waals surface area contributed by atoms with Crippen LogP contribution in [0, 0.1) is 6.92 Å². The molecule has 2 aromatic rings. The monoisotopic (exact) mass is 297 g/mol. The number of nitrogens with one attached hydrogen (secondary N) is 2. The zero-order valence-electron chi connectivity index (χ0n) is 10.2. The molecular weight excluding hydrogens is 286 g/mol. The van der Waals surface area contributed by atoms with E-state index in [1.165, 1.54) is 24.7 Å². The molecule has 0 spiro atoms. The molecule has 0 aromatic carbocycles. The average molecular weight is 297 g/mol. The molecule has 0 saturated heterocycles. The fraction of sp³-hybridized carbons (Fsp3) is 0.182. The Labute approximate surface area is 118 Å². The molecule has 2 aromatic heterocycles. The van der Waals surface area contributed by atoms with Gasteiger partial charge >= 0.3 is 5.97 Å². The Kier molecular flexibility index (Phi) is 4.13. The fourth-order valence-corrected chi connectivity index (χ4v) is 2.57. The van der Waals surface area contributed by atoms with Gasteiger partial charge in [0.05, 0.1) is 12.7 Å². The highest BCUT2D eigenvalue weighted by Gasteiger charge is 2.16. The summed E-state index contributed by atoms with van der Waals surface area (Å²) in [6.45, 7) is 1.90. The van der Waals surface area contributed by atoms with Gasteiger partial charge in [0, 0.05) is 10.9 Å². The molecule has 100 valence electrons. The van der Waals surface area contributed by atoms with E-state index in [-0.39, 0.29) is 0 Å². The van der Waals surface area contributed by atoms with Gasteiger partial charge in [0.2, 0.25) is 0 Å². The van der Waals surface area contributed by atoms with Crippen LogP contribution in [0.5, 0.6) is 0 Å². The third-order valence-corrected chi connectivity index (χ3v) is 3.34. The van der Waals surface area contributed by atoms with Crippen molar-refractivity contribution in [2.45, 2.75) is 6.92 Å². The zero-order valence-corrected chi connectivity index (χ0v) is 11.9. The van der Waals surface area contributed by atoms with E-state index < -0.39 is 5.97 Å². The van der Waals surface area contributed by atoms with Crippen molar-refractivity contribution in [2.75, 3.05) is 17.7 Å². The highest BCUT2D eigenvalue weighted by atomic mass is 32.1. The smallest absolute Gasteiger partial charge is 0.340 e. The predicted octanol–water partition coefficient (Wildman–Crippen LogP) is 2.64. The summed E-state index contributed by atoms with van der Waals surface area (Å²) in [5.41, 5.74) is 0.453. The molecule has 2 heterocycles. The van der Waals surface area contributed by atoms with Gasteiger partial charge in [-0.2, -0.15) is 0 Å². The van der Waals surface area contributed by atoms with Crippen LogP contribution in [-0.4, -0.2) is 23.3 Å². The van der Waals surface area contributed by atoms with Crippen LogP contribution in [0.2, 0.25) is 0 Å². The molecule has 0 radical (unpaired) electrons. The molecule has 0 saturated carbocycles. The van der Waals surface area contributed by atoms with Crippen molar-refractivity contribution in [1.82, 2.24) is 5.16 Å². The molecule has 0 unspecified atom stereocenters. The molecule has 19 heavy (non-hydrogen) atoms. The minimum absolute atomic E-state index is 0.320. The second-order valence-corrected chi connectivity index (χ2v) is 5.22. The average Bonchev–Trinajstić information content (AvgIpc) is 2.98. The van der Waals surface area contributed by atoms with Gasteiger partial charge in [0.15, 0.2) is 10.9 Å². The van der Waals surface area contributed by atoms with Crippen LogP contribution in [0.15, 0.2) is 22.9 Å². The lowest BCUT2D eigenvalue weighted by Gasteiger charge is -2.07. The summed E-state index contributed by atoms with van der Waals surface area (Å²) >= 11 is 6.54. The highest BCUT2D eigenvalue weighted by Crippen LogP contribution is 2.28. The van der Waals surface area contributed by atoms with E-state index in [1.807, 2.05) is 6.92 Å². The molecule has 2 rings (SSSR count). The number of carbonyl (C=O) groups is 1. The molecule has 0 atom stereocenters. The minimum Gasteiger partial charge on any atom is -0.465 e. The Bertz CT molecular complexity index is 592. The highest BCUT2D eigenvalue weighted by molar-refractivity contribution is 7.80. The summed E-state index contributed by atoms with van der Waals surface area (Å²) in [7, 11) is 1.34. The molecule has 8 heteroatoms. The number of nitrogens with zero attached hydrogens (tertiary/aromatic N) is 1. The Morgan fingerprint density at radius 3 is 2.95 bits per heavy atom. The topological polar surface area (TPSA) is 76.4 Å². The van der Waals surface area contributed by atoms with Crippen molar-refractivity contribution in [3.8, 4) is 0 Å². The molecule has 0 bridgehead atoms. The van der Waals surface area contributed by atoms with Crippen molar-refractivity contribution < 1.29 is 14.1 Å². The first-order valence-corrected chi connectivity index (χ1v) is 6.49. The largest absolute Gasteiger partial charge is 0.465 e. The third kappa shape index (κ3) is 3.30. The van der Waals surface area contributed by atoms with Gasteiger partial charge in [-0.05, 0) is 25.2 Å². The first-order valence-electron chi connectivity index (χ1n) is 5.27. The first-order chi connectivity index (χ1) is 9.10. The Balaban J connectivity index is 2.10. The normalized spacial score (nSPS) is 10.0. The van der Waals surface area contributed by atoms with Crippen LogP contribution in [0.3, 0.4) is 0 Å². The number of thiocarbonyl (C=S) groups is 1. The number of aryl methyl sites for hydroxylation is 1. The van der Waals surface area contributed by atoms with Crippen molar-refractivity contribution in [3.63, 3.8) is 0 Å². The lowest BCUT2D eigenvalue weighted by Crippen LogP contribution is -2.20. The lowest BCUT2D eigenvalue weighted by molar-refractivity contribution is 0.0602.